The Morgan fingerprint density at radius 2 is 1.19 bits per heavy atom. The molecule has 2 aliphatic rings. The molecule has 0 saturated heterocycles. The van der Waals surface area contributed by atoms with Gasteiger partial charge in [-0.05, 0) is 52.4 Å². The van der Waals surface area contributed by atoms with Crippen LogP contribution in [0.15, 0.2) is 72.8 Å². The van der Waals surface area contributed by atoms with Crippen molar-refractivity contribution in [2.75, 3.05) is 13.2 Å². The van der Waals surface area contributed by atoms with E-state index in [0.29, 0.717) is 19.1 Å². The van der Waals surface area contributed by atoms with Crippen LogP contribution in [0.2, 0.25) is 0 Å². The van der Waals surface area contributed by atoms with E-state index < -0.39 is 0 Å². The van der Waals surface area contributed by atoms with Crippen LogP contribution >= 0.6 is 11.6 Å². The molecule has 6 rings (SSSR count). The van der Waals surface area contributed by atoms with Gasteiger partial charge in [-0.25, -0.2) is 0 Å². The van der Waals surface area contributed by atoms with Crippen molar-refractivity contribution in [2.24, 2.45) is 11.8 Å². The molecule has 1 saturated carbocycles. The third-order valence-corrected chi connectivity index (χ3v) is 7.57. The van der Waals surface area contributed by atoms with E-state index in [1.54, 1.807) is 0 Å². The van der Waals surface area contributed by atoms with Crippen LogP contribution in [0.5, 0.6) is 11.5 Å². The molecule has 4 aromatic carbocycles. The number of hydrogen-bond donors (Lipinski definition) is 0. The standard InChI is InChI=1S/C28H25ClO2/c29-24-11-5-10-21(24)20-16-30-25-14-12-18-6-1-3-8-22(18)27(25)28-23-9-4-2-7-19(23)13-15-26(28)31-17-20/h1-4,6-9,12-15,20-21,24H,5,10-11,16-17H2. The first-order valence-electron chi connectivity index (χ1n) is 11.2. The maximum absolute atomic E-state index is 6.69. The summed E-state index contributed by atoms with van der Waals surface area (Å²) < 4.78 is 13.1. The molecule has 2 atom stereocenters. The van der Waals surface area contributed by atoms with Crippen molar-refractivity contribution in [2.45, 2.75) is 24.6 Å². The predicted octanol–water partition coefficient (Wildman–Crippen LogP) is 7.45. The van der Waals surface area contributed by atoms with Crippen molar-refractivity contribution in [1.82, 2.24) is 0 Å². The van der Waals surface area contributed by atoms with Gasteiger partial charge in [0.2, 0.25) is 0 Å². The molecule has 0 amide bonds. The second kappa shape index (κ2) is 7.76. The molecule has 4 aromatic rings. The lowest BCUT2D eigenvalue weighted by molar-refractivity contribution is 0.135. The topological polar surface area (TPSA) is 18.5 Å². The lowest BCUT2D eigenvalue weighted by Crippen LogP contribution is -2.30. The fourth-order valence-electron chi connectivity index (χ4n) is 5.42. The third-order valence-electron chi connectivity index (χ3n) is 7.02. The number of hydrogen-bond acceptors (Lipinski definition) is 2. The number of halogens is 1. The average Bonchev–Trinajstić information content (AvgIpc) is 3.26. The van der Waals surface area contributed by atoms with Gasteiger partial charge in [0, 0.05) is 22.4 Å². The fourth-order valence-corrected chi connectivity index (χ4v) is 5.91. The van der Waals surface area contributed by atoms with Crippen LogP contribution < -0.4 is 9.47 Å². The highest BCUT2D eigenvalue weighted by molar-refractivity contribution is 6.21. The van der Waals surface area contributed by atoms with E-state index in [1.807, 2.05) is 0 Å². The van der Waals surface area contributed by atoms with Crippen molar-refractivity contribution >= 4 is 33.1 Å². The summed E-state index contributed by atoms with van der Waals surface area (Å²) in [4.78, 5) is 0. The van der Waals surface area contributed by atoms with Crippen molar-refractivity contribution < 1.29 is 9.47 Å². The highest BCUT2D eigenvalue weighted by Gasteiger charge is 2.34. The summed E-state index contributed by atoms with van der Waals surface area (Å²) in [7, 11) is 0. The molecule has 0 spiro atoms. The molecule has 0 aromatic heterocycles. The van der Waals surface area contributed by atoms with Gasteiger partial charge < -0.3 is 9.47 Å². The lowest BCUT2D eigenvalue weighted by atomic mass is 9.92. The molecule has 1 aliphatic heterocycles. The van der Waals surface area contributed by atoms with Crippen molar-refractivity contribution in [3.63, 3.8) is 0 Å². The summed E-state index contributed by atoms with van der Waals surface area (Å²) in [6.07, 6.45) is 3.43. The Morgan fingerprint density at radius 1 is 0.645 bits per heavy atom. The Balaban J connectivity index is 1.60. The van der Waals surface area contributed by atoms with E-state index in [9.17, 15) is 0 Å². The van der Waals surface area contributed by atoms with Crippen LogP contribution in [-0.4, -0.2) is 18.6 Å². The first-order valence-corrected chi connectivity index (χ1v) is 11.7. The summed E-state index contributed by atoms with van der Waals surface area (Å²) >= 11 is 6.69. The zero-order valence-corrected chi connectivity index (χ0v) is 18.1. The van der Waals surface area contributed by atoms with E-state index in [2.05, 4.69) is 72.8 Å². The SMILES string of the molecule is ClC1CCCC1C1COc2ccc3ccccc3c2-c2c(ccc3ccccc23)OC1. The number of benzene rings is 4. The van der Waals surface area contributed by atoms with Gasteiger partial charge in [0.25, 0.3) is 0 Å². The molecule has 2 nitrogen and oxygen atoms in total. The number of ether oxygens (including phenoxy) is 2. The van der Waals surface area contributed by atoms with Gasteiger partial charge in [-0.3, -0.25) is 0 Å². The highest BCUT2D eigenvalue weighted by Crippen LogP contribution is 2.47. The zero-order valence-electron chi connectivity index (χ0n) is 17.4. The summed E-state index contributed by atoms with van der Waals surface area (Å²) in [6, 6.07) is 25.6. The zero-order chi connectivity index (χ0) is 20.8. The normalized spacial score (nSPS) is 21.5. The maximum atomic E-state index is 6.69. The second-order valence-electron chi connectivity index (χ2n) is 8.81. The fraction of sp³-hybridized carbons (Fsp3) is 0.286. The minimum absolute atomic E-state index is 0.213. The highest BCUT2D eigenvalue weighted by atomic mass is 35.5. The van der Waals surface area contributed by atoms with E-state index in [4.69, 9.17) is 21.1 Å². The average molecular weight is 429 g/mol. The van der Waals surface area contributed by atoms with Gasteiger partial charge in [-0.1, -0.05) is 67.1 Å². The van der Waals surface area contributed by atoms with Crippen LogP contribution in [0.4, 0.5) is 0 Å². The monoisotopic (exact) mass is 428 g/mol. The first-order chi connectivity index (χ1) is 15.3. The Morgan fingerprint density at radius 3 is 1.71 bits per heavy atom. The van der Waals surface area contributed by atoms with Crippen molar-refractivity contribution in [3.8, 4) is 22.6 Å². The third kappa shape index (κ3) is 3.25. The van der Waals surface area contributed by atoms with Crippen molar-refractivity contribution in [3.05, 3.63) is 72.8 Å². The van der Waals surface area contributed by atoms with Gasteiger partial charge in [0.1, 0.15) is 11.5 Å². The molecule has 2 unspecified atom stereocenters. The molecule has 1 fully saturated rings. The lowest BCUT2D eigenvalue weighted by Gasteiger charge is -2.25. The summed E-state index contributed by atoms with van der Waals surface area (Å²) in [5.41, 5.74) is 2.25. The Labute approximate surface area is 187 Å². The first kappa shape index (κ1) is 19.0. The Kier molecular flexibility index (Phi) is 4.76. The molecule has 1 heterocycles. The van der Waals surface area contributed by atoms with Crippen LogP contribution in [0.25, 0.3) is 32.7 Å². The number of fused-ring (bicyclic) bond motifs is 7. The van der Waals surface area contributed by atoms with Crippen LogP contribution in [0, 0.1) is 11.8 Å². The number of alkyl halides is 1. The Hall–Kier alpha value is -2.71. The van der Waals surface area contributed by atoms with E-state index >= 15 is 0 Å². The maximum Gasteiger partial charge on any atom is 0.127 e. The second-order valence-corrected chi connectivity index (χ2v) is 9.37. The molecule has 0 radical (unpaired) electrons. The molecule has 3 heteroatoms. The van der Waals surface area contributed by atoms with Gasteiger partial charge in [-0.2, -0.15) is 0 Å². The van der Waals surface area contributed by atoms with Crippen LogP contribution in [-0.2, 0) is 0 Å². The molecule has 31 heavy (non-hydrogen) atoms. The van der Waals surface area contributed by atoms with E-state index in [-0.39, 0.29) is 11.3 Å². The molecule has 1 aliphatic carbocycles. The molecule has 0 N–H and O–H groups in total. The van der Waals surface area contributed by atoms with Gasteiger partial charge in [0.05, 0.1) is 13.2 Å². The minimum atomic E-state index is 0.213. The van der Waals surface area contributed by atoms with Crippen LogP contribution in [0.3, 0.4) is 0 Å². The van der Waals surface area contributed by atoms with E-state index in [0.717, 1.165) is 35.5 Å². The van der Waals surface area contributed by atoms with Crippen LogP contribution in [0.1, 0.15) is 19.3 Å². The van der Waals surface area contributed by atoms with Gasteiger partial charge in [-0.15, -0.1) is 11.6 Å². The molecular weight excluding hydrogens is 404 g/mol. The Bertz CT molecular complexity index is 1180. The van der Waals surface area contributed by atoms with Gasteiger partial charge in [0.15, 0.2) is 0 Å². The molecule has 156 valence electrons. The minimum Gasteiger partial charge on any atom is -0.492 e. The van der Waals surface area contributed by atoms with Crippen molar-refractivity contribution in [1.29, 1.82) is 0 Å². The van der Waals surface area contributed by atoms with Gasteiger partial charge >= 0.3 is 0 Å². The summed E-state index contributed by atoms with van der Waals surface area (Å²) in [5, 5.41) is 5.00. The number of rotatable bonds is 1. The smallest absolute Gasteiger partial charge is 0.127 e. The molecular formula is C28H25ClO2. The van der Waals surface area contributed by atoms with E-state index in [1.165, 1.54) is 28.0 Å². The summed E-state index contributed by atoms with van der Waals surface area (Å²) in [6.45, 7) is 1.26. The largest absolute Gasteiger partial charge is 0.492 e. The quantitative estimate of drug-likeness (QED) is 0.293. The molecule has 0 bridgehead atoms. The predicted molar refractivity (Wildman–Crippen MR) is 128 cm³/mol. The summed E-state index contributed by atoms with van der Waals surface area (Å²) in [5.74, 6) is 2.57.